The predicted octanol–water partition coefficient (Wildman–Crippen LogP) is 3.31. The first-order chi connectivity index (χ1) is 10.2. The van der Waals surface area contributed by atoms with Gasteiger partial charge in [-0.2, -0.15) is 0 Å². The van der Waals surface area contributed by atoms with Crippen molar-refractivity contribution in [1.29, 1.82) is 0 Å². The van der Waals surface area contributed by atoms with Crippen LogP contribution in [0.25, 0.3) is 0 Å². The van der Waals surface area contributed by atoms with Crippen molar-refractivity contribution < 1.29 is 9.53 Å². The smallest absolute Gasteiger partial charge is 0.327 e. The molecule has 0 aromatic carbocycles. The van der Waals surface area contributed by atoms with Crippen LogP contribution in [-0.4, -0.2) is 23.6 Å². The molecule has 0 bridgehead atoms. The largest absolute Gasteiger partial charge is 0.465 e. The summed E-state index contributed by atoms with van der Waals surface area (Å²) in [6.45, 7) is 4.19. The van der Waals surface area contributed by atoms with Crippen LogP contribution < -0.4 is 5.32 Å². The van der Waals surface area contributed by atoms with E-state index in [1.165, 1.54) is 25.7 Å². The number of nitrogens with zero attached hydrogens (tertiary/aromatic N) is 1. The molecule has 116 valence electrons. The topological polar surface area (TPSA) is 51.2 Å². The number of carbonyl (C=O) groups is 1. The average molecular weight is 290 g/mol. The lowest BCUT2D eigenvalue weighted by molar-refractivity contribution is -0.146. The van der Waals surface area contributed by atoms with Gasteiger partial charge in [0.2, 0.25) is 0 Å². The summed E-state index contributed by atoms with van der Waals surface area (Å²) in [6.07, 6.45) is 9.12. The molecule has 0 radical (unpaired) electrons. The zero-order valence-electron chi connectivity index (χ0n) is 13.1. The Morgan fingerprint density at radius 2 is 2.05 bits per heavy atom. The van der Waals surface area contributed by atoms with Gasteiger partial charge in [0.25, 0.3) is 0 Å². The van der Waals surface area contributed by atoms with Crippen LogP contribution in [0.4, 0.5) is 0 Å². The minimum Gasteiger partial charge on any atom is -0.465 e. The fourth-order valence-electron chi connectivity index (χ4n) is 2.86. The molecule has 2 rings (SSSR count). The van der Waals surface area contributed by atoms with E-state index in [1.54, 1.807) is 6.20 Å². The third-order valence-corrected chi connectivity index (χ3v) is 4.05. The van der Waals surface area contributed by atoms with Crippen molar-refractivity contribution in [3.63, 3.8) is 0 Å². The van der Waals surface area contributed by atoms with E-state index in [0.717, 1.165) is 24.1 Å². The Kier molecular flexibility index (Phi) is 6.18. The zero-order valence-corrected chi connectivity index (χ0v) is 13.1. The first kappa shape index (κ1) is 16.0. The van der Waals surface area contributed by atoms with Crippen LogP contribution >= 0.6 is 0 Å². The SMILES string of the molecule is CCOC(=O)C(NC1CCCCCC1)c1ccc(C)nc1. The fourth-order valence-corrected chi connectivity index (χ4v) is 2.86. The Balaban J connectivity index is 2.11. The molecule has 1 heterocycles. The van der Waals surface area contributed by atoms with E-state index < -0.39 is 6.04 Å². The summed E-state index contributed by atoms with van der Waals surface area (Å²) in [5.74, 6) is -0.201. The van der Waals surface area contributed by atoms with Crippen LogP contribution in [0.3, 0.4) is 0 Å². The lowest BCUT2D eigenvalue weighted by atomic mass is 10.0. The molecule has 0 amide bonds. The van der Waals surface area contributed by atoms with Crippen molar-refractivity contribution >= 4 is 5.97 Å². The molecule has 0 aliphatic heterocycles. The fraction of sp³-hybridized carbons (Fsp3) is 0.647. The van der Waals surface area contributed by atoms with Crippen LogP contribution in [0.1, 0.15) is 62.7 Å². The maximum Gasteiger partial charge on any atom is 0.327 e. The number of carbonyl (C=O) groups excluding carboxylic acids is 1. The highest BCUT2D eigenvalue weighted by molar-refractivity contribution is 5.77. The molecule has 4 nitrogen and oxygen atoms in total. The molecule has 1 aliphatic rings. The Labute approximate surface area is 127 Å². The molecule has 0 spiro atoms. The molecule has 1 saturated carbocycles. The van der Waals surface area contributed by atoms with Crippen molar-refractivity contribution in [2.75, 3.05) is 6.61 Å². The third-order valence-electron chi connectivity index (χ3n) is 4.05. The Morgan fingerprint density at radius 1 is 1.33 bits per heavy atom. The number of hydrogen-bond acceptors (Lipinski definition) is 4. The number of rotatable bonds is 5. The van der Waals surface area contributed by atoms with Gasteiger partial charge in [-0.05, 0) is 38.3 Å². The van der Waals surface area contributed by atoms with E-state index in [9.17, 15) is 4.79 Å². The van der Waals surface area contributed by atoms with E-state index in [1.807, 2.05) is 26.0 Å². The van der Waals surface area contributed by atoms with Gasteiger partial charge in [-0.3, -0.25) is 10.3 Å². The molecule has 21 heavy (non-hydrogen) atoms. The molecule has 1 aliphatic carbocycles. The Bertz CT molecular complexity index is 437. The molecule has 4 heteroatoms. The van der Waals surface area contributed by atoms with E-state index in [0.29, 0.717) is 12.6 Å². The number of pyridine rings is 1. The quantitative estimate of drug-likeness (QED) is 0.667. The van der Waals surface area contributed by atoms with Crippen LogP contribution in [-0.2, 0) is 9.53 Å². The average Bonchev–Trinajstić information content (AvgIpc) is 2.75. The van der Waals surface area contributed by atoms with Gasteiger partial charge in [0, 0.05) is 17.9 Å². The molecule has 1 N–H and O–H groups in total. The van der Waals surface area contributed by atoms with Crippen molar-refractivity contribution in [3.05, 3.63) is 29.6 Å². The monoisotopic (exact) mass is 290 g/mol. The Morgan fingerprint density at radius 3 is 2.62 bits per heavy atom. The minimum atomic E-state index is -0.402. The highest BCUT2D eigenvalue weighted by atomic mass is 16.5. The van der Waals surface area contributed by atoms with Gasteiger partial charge in [-0.15, -0.1) is 0 Å². The van der Waals surface area contributed by atoms with Gasteiger partial charge >= 0.3 is 5.97 Å². The van der Waals surface area contributed by atoms with Crippen molar-refractivity contribution in [2.24, 2.45) is 0 Å². The summed E-state index contributed by atoms with van der Waals surface area (Å²) in [6, 6.07) is 3.90. The van der Waals surface area contributed by atoms with Crippen LogP contribution in [0.5, 0.6) is 0 Å². The molecular weight excluding hydrogens is 264 g/mol. The number of nitrogens with one attached hydrogen (secondary N) is 1. The number of esters is 1. The summed E-state index contributed by atoms with van der Waals surface area (Å²) in [5.41, 5.74) is 1.85. The lowest BCUT2D eigenvalue weighted by Crippen LogP contribution is -2.37. The predicted molar refractivity (Wildman–Crippen MR) is 83.0 cm³/mol. The maximum atomic E-state index is 12.3. The second-order valence-corrected chi connectivity index (χ2v) is 5.77. The minimum absolute atomic E-state index is 0.201. The van der Waals surface area contributed by atoms with Gasteiger partial charge in [-0.1, -0.05) is 31.7 Å². The van der Waals surface area contributed by atoms with Gasteiger partial charge in [0.05, 0.1) is 6.61 Å². The maximum absolute atomic E-state index is 12.3. The summed E-state index contributed by atoms with van der Waals surface area (Å²) in [4.78, 5) is 16.6. The number of hydrogen-bond donors (Lipinski definition) is 1. The summed E-state index contributed by atoms with van der Waals surface area (Å²) >= 11 is 0. The molecule has 1 unspecified atom stereocenters. The zero-order chi connectivity index (χ0) is 15.1. The number of aromatic nitrogens is 1. The van der Waals surface area contributed by atoms with Crippen molar-refractivity contribution in [3.8, 4) is 0 Å². The van der Waals surface area contributed by atoms with Gasteiger partial charge in [0.1, 0.15) is 6.04 Å². The second kappa shape index (κ2) is 8.13. The number of ether oxygens (including phenoxy) is 1. The van der Waals surface area contributed by atoms with E-state index >= 15 is 0 Å². The standard InChI is InChI=1S/C17H26N2O2/c1-3-21-17(20)16(14-11-10-13(2)18-12-14)19-15-8-6-4-5-7-9-15/h10-12,15-16,19H,3-9H2,1-2H3. The Hall–Kier alpha value is -1.42. The first-order valence-corrected chi connectivity index (χ1v) is 8.06. The highest BCUT2D eigenvalue weighted by Gasteiger charge is 2.25. The van der Waals surface area contributed by atoms with Crippen molar-refractivity contribution in [1.82, 2.24) is 10.3 Å². The first-order valence-electron chi connectivity index (χ1n) is 8.06. The van der Waals surface area contributed by atoms with Crippen molar-refractivity contribution in [2.45, 2.75) is 64.5 Å². The van der Waals surface area contributed by atoms with Gasteiger partial charge in [-0.25, -0.2) is 4.79 Å². The molecule has 1 aromatic rings. The summed E-state index contributed by atoms with van der Waals surface area (Å²) < 4.78 is 5.23. The molecule has 1 aromatic heterocycles. The molecular formula is C17H26N2O2. The summed E-state index contributed by atoms with van der Waals surface area (Å²) in [7, 11) is 0. The van der Waals surface area contributed by atoms with E-state index in [-0.39, 0.29) is 5.97 Å². The second-order valence-electron chi connectivity index (χ2n) is 5.77. The highest BCUT2D eigenvalue weighted by Crippen LogP contribution is 2.22. The number of aryl methyl sites for hydroxylation is 1. The summed E-state index contributed by atoms with van der Waals surface area (Å²) in [5, 5.41) is 3.50. The van der Waals surface area contributed by atoms with Gasteiger partial charge < -0.3 is 4.74 Å². The van der Waals surface area contributed by atoms with Crippen LogP contribution in [0.15, 0.2) is 18.3 Å². The molecule has 1 fully saturated rings. The van der Waals surface area contributed by atoms with Crippen LogP contribution in [0, 0.1) is 6.92 Å². The third kappa shape index (κ3) is 4.81. The normalized spacial score (nSPS) is 18.0. The van der Waals surface area contributed by atoms with E-state index in [2.05, 4.69) is 10.3 Å². The van der Waals surface area contributed by atoms with E-state index in [4.69, 9.17) is 4.74 Å². The molecule has 0 saturated heterocycles. The van der Waals surface area contributed by atoms with Gasteiger partial charge in [0.15, 0.2) is 0 Å². The lowest BCUT2D eigenvalue weighted by Gasteiger charge is -2.24. The van der Waals surface area contributed by atoms with Crippen LogP contribution in [0.2, 0.25) is 0 Å². The molecule has 1 atom stereocenters.